The molecule has 1 aliphatic rings. The molecule has 1 aromatic rings. The number of hydrogen-bond donors (Lipinski definition) is 2. The summed E-state index contributed by atoms with van der Waals surface area (Å²) in [7, 11) is 0. The first-order chi connectivity index (χ1) is 9.31. The van der Waals surface area contributed by atoms with Gasteiger partial charge in [-0.1, -0.05) is 18.2 Å². The van der Waals surface area contributed by atoms with Crippen molar-refractivity contribution in [2.45, 2.75) is 6.42 Å². The van der Waals surface area contributed by atoms with E-state index in [1.165, 1.54) is 0 Å². The Morgan fingerprint density at radius 3 is 3.11 bits per heavy atom. The topological polar surface area (TPSA) is 73.6 Å². The number of amides is 1. The molecule has 0 saturated carbocycles. The first-order valence-electron chi connectivity index (χ1n) is 6.57. The van der Waals surface area contributed by atoms with Crippen LogP contribution < -0.4 is 15.8 Å². The number of benzene rings is 1. The van der Waals surface area contributed by atoms with Gasteiger partial charge in [-0.25, -0.2) is 0 Å². The Balaban J connectivity index is 1.76. The van der Waals surface area contributed by atoms with Crippen LogP contribution in [0.5, 0.6) is 5.75 Å². The maximum atomic E-state index is 12.0. The van der Waals surface area contributed by atoms with E-state index in [1.54, 1.807) is 0 Å². The highest BCUT2D eigenvalue weighted by Gasteiger charge is 2.25. The molecule has 19 heavy (non-hydrogen) atoms. The molecular weight excluding hydrogens is 244 g/mol. The second kappa shape index (κ2) is 7.11. The van der Waals surface area contributed by atoms with Gasteiger partial charge in [-0.3, -0.25) is 4.79 Å². The predicted octanol–water partition coefficient (Wildman–Crippen LogP) is 0.329. The van der Waals surface area contributed by atoms with Crippen LogP contribution in [-0.4, -0.2) is 38.8 Å². The predicted molar refractivity (Wildman–Crippen MR) is 72.0 cm³/mol. The number of carbonyl (C=O) groups excluding carboxylic acids is 1. The molecule has 2 rings (SSSR count). The average Bonchev–Trinajstić information content (AvgIpc) is 2.46. The van der Waals surface area contributed by atoms with Crippen LogP contribution in [0.25, 0.3) is 0 Å². The molecule has 1 atom stereocenters. The third-order valence-electron chi connectivity index (χ3n) is 3.06. The summed E-state index contributed by atoms with van der Waals surface area (Å²) in [6.45, 7) is 2.47. The third-order valence-corrected chi connectivity index (χ3v) is 3.06. The van der Waals surface area contributed by atoms with E-state index in [-0.39, 0.29) is 11.8 Å². The van der Waals surface area contributed by atoms with Gasteiger partial charge >= 0.3 is 0 Å². The zero-order chi connectivity index (χ0) is 13.5. The molecule has 1 unspecified atom stereocenters. The van der Waals surface area contributed by atoms with Crippen molar-refractivity contribution in [3.8, 4) is 5.75 Å². The minimum atomic E-state index is -0.121. The SMILES string of the molecule is NCCOCCNC(=O)C1COc2ccccc2C1. The number of nitrogens with two attached hydrogens (primary N) is 1. The van der Waals surface area contributed by atoms with Gasteiger partial charge in [0.2, 0.25) is 5.91 Å². The fraction of sp³-hybridized carbons (Fsp3) is 0.500. The van der Waals surface area contributed by atoms with E-state index in [4.69, 9.17) is 15.2 Å². The van der Waals surface area contributed by atoms with Gasteiger partial charge in [-0.2, -0.15) is 0 Å². The minimum Gasteiger partial charge on any atom is -0.492 e. The lowest BCUT2D eigenvalue weighted by atomic mass is 9.96. The Bertz CT molecular complexity index is 423. The summed E-state index contributed by atoms with van der Waals surface area (Å²) < 4.78 is 10.8. The van der Waals surface area contributed by atoms with Gasteiger partial charge in [-0.05, 0) is 18.1 Å². The third kappa shape index (κ3) is 3.94. The summed E-state index contributed by atoms with van der Waals surface area (Å²) in [5.74, 6) is 0.785. The van der Waals surface area contributed by atoms with E-state index >= 15 is 0 Å². The maximum Gasteiger partial charge on any atom is 0.226 e. The van der Waals surface area contributed by atoms with Gasteiger partial charge in [0.1, 0.15) is 12.4 Å². The molecular formula is C14H20N2O3. The Morgan fingerprint density at radius 2 is 2.26 bits per heavy atom. The number of ether oxygens (including phenoxy) is 2. The molecule has 1 amide bonds. The highest BCUT2D eigenvalue weighted by molar-refractivity contribution is 5.79. The molecule has 0 bridgehead atoms. The molecule has 0 aromatic heterocycles. The van der Waals surface area contributed by atoms with Crippen molar-refractivity contribution >= 4 is 5.91 Å². The van der Waals surface area contributed by atoms with Gasteiger partial charge < -0.3 is 20.5 Å². The molecule has 0 spiro atoms. The van der Waals surface area contributed by atoms with Crippen LogP contribution in [0.15, 0.2) is 24.3 Å². The zero-order valence-electron chi connectivity index (χ0n) is 10.9. The van der Waals surface area contributed by atoms with Gasteiger partial charge in [-0.15, -0.1) is 0 Å². The highest BCUT2D eigenvalue weighted by atomic mass is 16.5. The fourth-order valence-corrected chi connectivity index (χ4v) is 2.07. The maximum absolute atomic E-state index is 12.0. The molecule has 1 aromatic carbocycles. The summed E-state index contributed by atoms with van der Waals surface area (Å²) in [5, 5.41) is 2.86. The Kier molecular flexibility index (Phi) is 5.18. The summed E-state index contributed by atoms with van der Waals surface area (Å²) in [4.78, 5) is 12.0. The van der Waals surface area contributed by atoms with E-state index in [0.29, 0.717) is 32.9 Å². The second-order valence-corrected chi connectivity index (χ2v) is 4.51. The van der Waals surface area contributed by atoms with Gasteiger partial charge in [0.05, 0.1) is 19.1 Å². The Hall–Kier alpha value is -1.59. The van der Waals surface area contributed by atoms with Gasteiger partial charge in [0.25, 0.3) is 0 Å². The molecule has 0 aliphatic carbocycles. The second-order valence-electron chi connectivity index (χ2n) is 4.51. The van der Waals surface area contributed by atoms with Gasteiger partial charge in [0, 0.05) is 13.1 Å². The summed E-state index contributed by atoms with van der Waals surface area (Å²) in [6, 6.07) is 7.83. The number of fused-ring (bicyclic) bond motifs is 1. The smallest absolute Gasteiger partial charge is 0.226 e. The number of nitrogens with one attached hydrogen (secondary N) is 1. The molecule has 1 aliphatic heterocycles. The van der Waals surface area contributed by atoms with Crippen LogP contribution in [0, 0.1) is 5.92 Å². The fourth-order valence-electron chi connectivity index (χ4n) is 2.07. The van der Waals surface area contributed by atoms with E-state index < -0.39 is 0 Å². The van der Waals surface area contributed by atoms with E-state index in [1.807, 2.05) is 24.3 Å². The van der Waals surface area contributed by atoms with Crippen molar-refractivity contribution in [2.24, 2.45) is 11.7 Å². The molecule has 1 heterocycles. The molecule has 0 radical (unpaired) electrons. The lowest BCUT2D eigenvalue weighted by Gasteiger charge is -2.24. The molecule has 0 fully saturated rings. The molecule has 104 valence electrons. The zero-order valence-corrected chi connectivity index (χ0v) is 10.9. The van der Waals surface area contributed by atoms with Crippen molar-refractivity contribution in [3.63, 3.8) is 0 Å². The highest BCUT2D eigenvalue weighted by Crippen LogP contribution is 2.26. The van der Waals surface area contributed by atoms with E-state index in [2.05, 4.69) is 5.32 Å². The van der Waals surface area contributed by atoms with Crippen molar-refractivity contribution in [1.82, 2.24) is 5.32 Å². The van der Waals surface area contributed by atoms with Crippen LogP contribution in [0.3, 0.4) is 0 Å². The van der Waals surface area contributed by atoms with Gasteiger partial charge in [0.15, 0.2) is 0 Å². The lowest BCUT2D eigenvalue weighted by molar-refractivity contribution is -0.126. The standard InChI is InChI=1S/C14H20N2O3/c15-5-7-18-8-6-16-14(17)12-9-11-3-1-2-4-13(11)19-10-12/h1-4,12H,5-10,15H2,(H,16,17). The Morgan fingerprint density at radius 1 is 1.42 bits per heavy atom. The van der Waals surface area contributed by atoms with Crippen molar-refractivity contribution in [3.05, 3.63) is 29.8 Å². The van der Waals surface area contributed by atoms with Crippen LogP contribution in [0.1, 0.15) is 5.56 Å². The number of carbonyl (C=O) groups is 1. The minimum absolute atomic E-state index is 0.0193. The molecule has 5 heteroatoms. The number of para-hydroxylation sites is 1. The largest absolute Gasteiger partial charge is 0.492 e. The average molecular weight is 264 g/mol. The van der Waals surface area contributed by atoms with Crippen LogP contribution >= 0.6 is 0 Å². The van der Waals surface area contributed by atoms with Crippen LogP contribution in [0.2, 0.25) is 0 Å². The first-order valence-corrected chi connectivity index (χ1v) is 6.57. The monoisotopic (exact) mass is 264 g/mol. The summed E-state index contributed by atoms with van der Waals surface area (Å²) in [6.07, 6.45) is 0.728. The van der Waals surface area contributed by atoms with E-state index in [0.717, 1.165) is 17.7 Å². The molecule has 3 N–H and O–H groups in total. The van der Waals surface area contributed by atoms with Crippen molar-refractivity contribution < 1.29 is 14.3 Å². The van der Waals surface area contributed by atoms with Crippen molar-refractivity contribution in [2.75, 3.05) is 32.9 Å². The molecule has 5 nitrogen and oxygen atoms in total. The normalized spacial score (nSPS) is 17.4. The lowest BCUT2D eigenvalue weighted by Crippen LogP contribution is -2.38. The van der Waals surface area contributed by atoms with Crippen molar-refractivity contribution in [1.29, 1.82) is 0 Å². The van der Waals surface area contributed by atoms with Crippen LogP contribution in [-0.2, 0) is 16.0 Å². The summed E-state index contributed by atoms with van der Waals surface area (Å²) in [5.41, 5.74) is 6.39. The number of hydrogen-bond acceptors (Lipinski definition) is 4. The van der Waals surface area contributed by atoms with E-state index in [9.17, 15) is 4.79 Å². The summed E-state index contributed by atoms with van der Waals surface area (Å²) >= 11 is 0. The molecule has 0 saturated heterocycles. The quantitative estimate of drug-likeness (QED) is 0.726. The number of rotatable bonds is 6. The van der Waals surface area contributed by atoms with Crippen LogP contribution in [0.4, 0.5) is 0 Å². The Labute approximate surface area is 113 Å². The first kappa shape index (κ1) is 13.8.